The molecule has 8 heteroatoms. The fourth-order valence-electron chi connectivity index (χ4n) is 3.24. The molecule has 1 aliphatic rings. The summed E-state index contributed by atoms with van der Waals surface area (Å²) < 4.78 is 19.4. The number of para-hydroxylation sites is 1. The Morgan fingerprint density at radius 2 is 1.83 bits per heavy atom. The molecule has 0 aromatic heterocycles. The molecule has 1 aromatic carbocycles. The third-order valence-corrected chi connectivity index (χ3v) is 5.06. The van der Waals surface area contributed by atoms with Crippen LogP contribution in [0.4, 0.5) is 4.39 Å². The van der Waals surface area contributed by atoms with Crippen LogP contribution in [-0.2, 0) is 0 Å². The average molecular weight is 521 g/mol. The van der Waals surface area contributed by atoms with Gasteiger partial charge in [-0.15, -0.1) is 24.0 Å². The van der Waals surface area contributed by atoms with Crippen LogP contribution < -0.4 is 15.4 Å². The molecule has 2 rings (SSSR count). The normalized spacial score (nSPS) is 17.9. The molecule has 2 N–H and O–H groups in total. The number of piperazine rings is 1. The van der Waals surface area contributed by atoms with Gasteiger partial charge in [-0.25, -0.2) is 4.39 Å². The number of hydrogen-bond acceptors (Lipinski definition) is 4. The summed E-state index contributed by atoms with van der Waals surface area (Å²) in [7, 11) is 0. The van der Waals surface area contributed by atoms with E-state index < -0.39 is 0 Å². The summed E-state index contributed by atoms with van der Waals surface area (Å²) in [5.74, 6) is 0.705. The first-order valence-corrected chi connectivity index (χ1v) is 10.4. The second-order valence-corrected chi connectivity index (χ2v) is 7.28. The van der Waals surface area contributed by atoms with Gasteiger partial charge in [0.2, 0.25) is 0 Å². The lowest BCUT2D eigenvalue weighted by Crippen LogP contribution is -2.50. The van der Waals surface area contributed by atoms with Crippen molar-refractivity contribution < 1.29 is 9.13 Å². The van der Waals surface area contributed by atoms with Gasteiger partial charge >= 0.3 is 0 Å². The van der Waals surface area contributed by atoms with Gasteiger partial charge in [0.15, 0.2) is 17.5 Å². The molecule has 1 saturated heterocycles. The third kappa shape index (κ3) is 9.04. The number of nitrogens with zero attached hydrogens (tertiary/aromatic N) is 3. The van der Waals surface area contributed by atoms with Gasteiger partial charge in [0.25, 0.3) is 0 Å². The number of rotatable bonds is 9. The Bertz CT molecular complexity index is 610. The molecule has 0 spiro atoms. The highest BCUT2D eigenvalue weighted by atomic mass is 127. The Morgan fingerprint density at radius 3 is 2.45 bits per heavy atom. The second-order valence-electron chi connectivity index (χ2n) is 7.28. The van der Waals surface area contributed by atoms with Gasteiger partial charge in [-0.3, -0.25) is 9.89 Å². The smallest absolute Gasteiger partial charge is 0.191 e. The van der Waals surface area contributed by atoms with Gasteiger partial charge in [-0.2, -0.15) is 0 Å². The summed E-state index contributed by atoms with van der Waals surface area (Å²) in [5, 5.41) is 6.57. The number of ether oxygens (including phenoxy) is 1. The van der Waals surface area contributed by atoms with Crippen molar-refractivity contribution in [3.05, 3.63) is 30.1 Å². The van der Waals surface area contributed by atoms with Gasteiger partial charge in [0, 0.05) is 38.8 Å². The van der Waals surface area contributed by atoms with Gasteiger partial charge in [0.1, 0.15) is 6.10 Å². The van der Waals surface area contributed by atoms with Crippen LogP contribution in [0.5, 0.6) is 5.75 Å². The van der Waals surface area contributed by atoms with Gasteiger partial charge in [-0.05, 0) is 39.4 Å². The standard InChI is InChI=1S/C21H36FN5O.HI/c1-5-23-21(24-15-17(3)27-13-11-26(6-2)12-14-27)25-16-18(4)28-20-10-8-7-9-19(20)22;/h7-10,17-18H,5-6,11-16H2,1-4H3,(H2,23,24,25);1H. The lowest BCUT2D eigenvalue weighted by molar-refractivity contribution is 0.109. The Morgan fingerprint density at radius 1 is 1.14 bits per heavy atom. The molecule has 0 saturated carbocycles. The van der Waals surface area contributed by atoms with Crippen LogP contribution in [0.3, 0.4) is 0 Å². The minimum Gasteiger partial charge on any atom is -0.486 e. The summed E-state index contributed by atoms with van der Waals surface area (Å²) in [6.45, 7) is 16.1. The minimum absolute atomic E-state index is 0. The summed E-state index contributed by atoms with van der Waals surface area (Å²) >= 11 is 0. The summed E-state index contributed by atoms with van der Waals surface area (Å²) in [6.07, 6.45) is -0.180. The molecule has 1 aromatic rings. The molecule has 29 heavy (non-hydrogen) atoms. The molecule has 1 aliphatic heterocycles. The van der Waals surface area contributed by atoms with Gasteiger partial charge in [0.05, 0.1) is 13.1 Å². The van der Waals surface area contributed by atoms with Crippen LogP contribution in [0.1, 0.15) is 27.7 Å². The Hall–Kier alpha value is -1.13. The van der Waals surface area contributed by atoms with Crippen molar-refractivity contribution in [2.75, 3.05) is 52.4 Å². The Balaban J connectivity index is 0.00000420. The highest BCUT2D eigenvalue weighted by Gasteiger charge is 2.20. The van der Waals surface area contributed by atoms with Crippen molar-refractivity contribution in [3.63, 3.8) is 0 Å². The zero-order valence-electron chi connectivity index (χ0n) is 18.2. The molecule has 0 bridgehead atoms. The monoisotopic (exact) mass is 521 g/mol. The fraction of sp³-hybridized carbons (Fsp3) is 0.667. The van der Waals surface area contributed by atoms with Crippen LogP contribution in [-0.4, -0.2) is 80.3 Å². The Labute approximate surface area is 192 Å². The number of nitrogens with one attached hydrogen (secondary N) is 2. The predicted molar refractivity (Wildman–Crippen MR) is 129 cm³/mol. The number of guanidine groups is 1. The van der Waals surface area contributed by atoms with E-state index in [0.29, 0.717) is 12.6 Å². The minimum atomic E-state index is -0.341. The zero-order chi connectivity index (χ0) is 20.4. The van der Waals surface area contributed by atoms with Crippen molar-refractivity contribution in [1.29, 1.82) is 0 Å². The zero-order valence-corrected chi connectivity index (χ0v) is 20.5. The van der Waals surface area contributed by atoms with Gasteiger partial charge < -0.3 is 20.3 Å². The molecule has 0 radical (unpaired) electrons. The molecular formula is C21H37FIN5O. The summed E-state index contributed by atoms with van der Waals surface area (Å²) in [6, 6.07) is 6.88. The number of likely N-dealkylation sites (N-methyl/N-ethyl adjacent to an activating group) is 1. The lowest BCUT2D eigenvalue weighted by Gasteiger charge is -2.37. The van der Waals surface area contributed by atoms with E-state index in [9.17, 15) is 4.39 Å². The maximum absolute atomic E-state index is 13.7. The summed E-state index contributed by atoms with van der Waals surface area (Å²) in [5.41, 5.74) is 0. The topological polar surface area (TPSA) is 52.1 Å². The van der Waals surface area contributed by atoms with Crippen LogP contribution in [0.2, 0.25) is 0 Å². The van der Waals surface area contributed by atoms with Crippen molar-refractivity contribution in [1.82, 2.24) is 20.4 Å². The van der Waals surface area contributed by atoms with E-state index in [2.05, 4.69) is 34.3 Å². The molecule has 166 valence electrons. The largest absolute Gasteiger partial charge is 0.486 e. The molecule has 1 fully saturated rings. The first-order valence-electron chi connectivity index (χ1n) is 10.4. The van der Waals surface area contributed by atoms with Crippen molar-refractivity contribution in [3.8, 4) is 5.75 Å². The molecule has 6 nitrogen and oxygen atoms in total. The Kier molecular flexibility index (Phi) is 12.5. The number of benzene rings is 1. The molecule has 1 heterocycles. The molecule has 2 unspecified atom stereocenters. The van der Waals surface area contributed by atoms with Crippen LogP contribution in [0.25, 0.3) is 0 Å². The van der Waals surface area contributed by atoms with E-state index in [-0.39, 0.29) is 41.6 Å². The molecule has 2 atom stereocenters. The third-order valence-electron chi connectivity index (χ3n) is 5.06. The quantitative estimate of drug-likeness (QED) is 0.298. The van der Waals surface area contributed by atoms with E-state index in [0.717, 1.165) is 51.8 Å². The first kappa shape index (κ1) is 25.9. The van der Waals surface area contributed by atoms with Crippen molar-refractivity contribution in [2.24, 2.45) is 4.99 Å². The predicted octanol–water partition coefficient (Wildman–Crippen LogP) is 2.79. The van der Waals surface area contributed by atoms with E-state index in [4.69, 9.17) is 9.73 Å². The van der Waals surface area contributed by atoms with E-state index >= 15 is 0 Å². The van der Waals surface area contributed by atoms with E-state index in [1.54, 1.807) is 18.2 Å². The first-order chi connectivity index (χ1) is 13.5. The van der Waals surface area contributed by atoms with Crippen molar-refractivity contribution >= 4 is 29.9 Å². The van der Waals surface area contributed by atoms with Crippen LogP contribution in [0, 0.1) is 5.82 Å². The van der Waals surface area contributed by atoms with Gasteiger partial charge in [-0.1, -0.05) is 19.1 Å². The maximum atomic E-state index is 13.7. The molecule has 0 aliphatic carbocycles. The molecule has 0 amide bonds. The highest BCUT2D eigenvalue weighted by Crippen LogP contribution is 2.16. The second kappa shape index (κ2) is 14.0. The van der Waals surface area contributed by atoms with E-state index in [1.807, 2.05) is 13.8 Å². The van der Waals surface area contributed by atoms with Crippen molar-refractivity contribution in [2.45, 2.75) is 39.8 Å². The number of halogens is 2. The highest BCUT2D eigenvalue weighted by molar-refractivity contribution is 14.0. The number of hydrogen-bond donors (Lipinski definition) is 2. The van der Waals surface area contributed by atoms with E-state index in [1.165, 1.54) is 6.07 Å². The summed E-state index contributed by atoms with van der Waals surface area (Å²) in [4.78, 5) is 9.72. The fourth-order valence-corrected chi connectivity index (χ4v) is 3.24. The number of aliphatic imine (C=N–C) groups is 1. The lowest BCUT2D eigenvalue weighted by atomic mass is 10.2. The van der Waals surface area contributed by atoms with Crippen LogP contribution in [0.15, 0.2) is 29.3 Å². The van der Waals surface area contributed by atoms with Crippen LogP contribution >= 0.6 is 24.0 Å². The SMILES string of the molecule is CCNC(=NCC(C)N1CCN(CC)CC1)NCC(C)Oc1ccccc1F.I. The maximum Gasteiger partial charge on any atom is 0.191 e. The average Bonchev–Trinajstić information content (AvgIpc) is 2.71. The molecular weight excluding hydrogens is 484 g/mol.